The molecule has 0 N–H and O–H groups in total. The molecule has 0 fully saturated rings. The Morgan fingerprint density at radius 3 is 1.75 bits per heavy atom. The summed E-state index contributed by atoms with van der Waals surface area (Å²) in [7, 11) is 0. The Labute approximate surface area is 121 Å². The predicted octanol–water partition coefficient (Wildman–Crippen LogP) is 2.86. The summed E-state index contributed by atoms with van der Waals surface area (Å²) in [6, 6.07) is 0. The van der Waals surface area contributed by atoms with Crippen LogP contribution in [0, 0.1) is 10.8 Å². The highest BCUT2D eigenvalue weighted by molar-refractivity contribution is 5.86. The minimum absolute atomic E-state index is 0.00575. The maximum atomic E-state index is 11.7. The molecule has 0 heterocycles. The first-order valence-corrected chi connectivity index (χ1v) is 6.78. The molecule has 0 aromatic carbocycles. The average molecular weight is 286 g/mol. The minimum atomic E-state index is -0.945. The van der Waals surface area contributed by atoms with Gasteiger partial charge in [-0.1, -0.05) is 20.8 Å². The Hall–Kier alpha value is -1.39. The maximum Gasteiger partial charge on any atom is 0.314 e. The molecule has 116 valence electrons. The van der Waals surface area contributed by atoms with Crippen molar-refractivity contribution in [1.82, 2.24) is 0 Å². The quantitative estimate of drug-likeness (QED) is 0.574. The van der Waals surface area contributed by atoms with Crippen molar-refractivity contribution in [3.05, 3.63) is 0 Å². The number of ether oxygens (including phenoxy) is 2. The van der Waals surface area contributed by atoms with E-state index in [-0.39, 0.29) is 18.6 Å². The van der Waals surface area contributed by atoms with Crippen LogP contribution in [0.25, 0.3) is 0 Å². The molecule has 0 bridgehead atoms. The molecule has 5 nitrogen and oxygen atoms in total. The lowest BCUT2D eigenvalue weighted by Gasteiger charge is -2.21. The molecule has 0 amide bonds. The fourth-order valence-electron chi connectivity index (χ4n) is 1.19. The van der Waals surface area contributed by atoms with Gasteiger partial charge in [-0.15, -0.1) is 0 Å². The highest BCUT2D eigenvalue weighted by Crippen LogP contribution is 2.19. The number of hydrogen-bond acceptors (Lipinski definition) is 5. The second-order valence-corrected chi connectivity index (χ2v) is 6.89. The van der Waals surface area contributed by atoms with Crippen LogP contribution in [0.4, 0.5) is 0 Å². The lowest BCUT2D eigenvalue weighted by atomic mass is 9.88. The van der Waals surface area contributed by atoms with Crippen molar-refractivity contribution >= 4 is 17.7 Å². The van der Waals surface area contributed by atoms with E-state index >= 15 is 0 Å². The maximum absolute atomic E-state index is 11.7. The Kier molecular flexibility index (Phi) is 6.38. The van der Waals surface area contributed by atoms with Gasteiger partial charge in [-0.2, -0.15) is 0 Å². The van der Waals surface area contributed by atoms with E-state index < -0.39 is 29.1 Å². The first-order chi connectivity index (χ1) is 8.84. The Morgan fingerprint density at radius 1 is 0.850 bits per heavy atom. The van der Waals surface area contributed by atoms with Crippen molar-refractivity contribution in [1.29, 1.82) is 0 Å². The summed E-state index contributed by atoms with van der Waals surface area (Å²) >= 11 is 0. The van der Waals surface area contributed by atoms with Gasteiger partial charge in [0, 0.05) is 18.8 Å². The largest absolute Gasteiger partial charge is 0.425 e. The van der Waals surface area contributed by atoms with Crippen LogP contribution in [0.3, 0.4) is 0 Å². The molecular formula is C15H26O5. The van der Waals surface area contributed by atoms with Crippen LogP contribution >= 0.6 is 0 Å². The van der Waals surface area contributed by atoms with Gasteiger partial charge in [0.25, 0.3) is 0 Å². The van der Waals surface area contributed by atoms with Gasteiger partial charge in [0.1, 0.15) is 5.78 Å². The minimum Gasteiger partial charge on any atom is -0.425 e. The molecule has 0 radical (unpaired) electrons. The molecule has 0 aliphatic carbocycles. The van der Waals surface area contributed by atoms with E-state index in [2.05, 4.69) is 0 Å². The summed E-state index contributed by atoms with van der Waals surface area (Å²) in [5, 5.41) is 0. The summed E-state index contributed by atoms with van der Waals surface area (Å²) in [6.45, 7) is 12.0. The summed E-state index contributed by atoms with van der Waals surface area (Å²) in [5.41, 5.74) is -1.12. The van der Waals surface area contributed by atoms with Crippen LogP contribution in [0.1, 0.15) is 61.3 Å². The first kappa shape index (κ1) is 18.6. The normalized spacial score (nSPS) is 13.6. The number of hydrogen-bond donors (Lipinski definition) is 0. The van der Waals surface area contributed by atoms with Crippen molar-refractivity contribution in [2.75, 3.05) is 0 Å². The lowest BCUT2D eigenvalue weighted by Crippen LogP contribution is -2.29. The van der Waals surface area contributed by atoms with Crippen LogP contribution < -0.4 is 0 Å². The molecule has 0 rings (SSSR count). The third kappa shape index (κ3) is 7.26. The van der Waals surface area contributed by atoms with Gasteiger partial charge in [-0.05, 0) is 20.8 Å². The fraction of sp³-hybridized carbons (Fsp3) is 0.800. The average Bonchev–Trinajstić information content (AvgIpc) is 2.22. The van der Waals surface area contributed by atoms with E-state index in [0.29, 0.717) is 0 Å². The Morgan fingerprint density at radius 2 is 1.35 bits per heavy atom. The van der Waals surface area contributed by atoms with Crippen molar-refractivity contribution in [2.45, 2.75) is 67.6 Å². The van der Waals surface area contributed by atoms with Gasteiger partial charge in [0.15, 0.2) is 0 Å². The van der Waals surface area contributed by atoms with Crippen molar-refractivity contribution < 1.29 is 23.9 Å². The Bertz CT molecular complexity index is 371. The zero-order chi connectivity index (χ0) is 16.1. The number of carbonyl (C=O) groups is 3. The summed E-state index contributed by atoms with van der Waals surface area (Å²) in [4.78, 5) is 34.8. The first-order valence-electron chi connectivity index (χ1n) is 6.78. The van der Waals surface area contributed by atoms with Crippen molar-refractivity contribution in [3.63, 3.8) is 0 Å². The number of ketones is 1. The molecule has 1 atom stereocenters. The third-order valence-corrected chi connectivity index (χ3v) is 2.58. The van der Waals surface area contributed by atoms with Crippen LogP contribution in [-0.2, 0) is 23.9 Å². The van der Waals surface area contributed by atoms with Crippen LogP contribution in [0.15, 0.2) is 0 Å². The van der Waals surface area contributed by atoms with E-state index in [1.165, 1.54) is 6.92 Å². The summed E-state index contributed by atoms with van der Waals surface area (Å²) < 4.78 is 9.94. The molecular weight excluding hydrogens is 260 g/mol. The molecule has 5 heteroatoms. The SMILES string of the molecule is CC(OC(=O)CCC(=O)C(C)(C)C)OC(=O)C(C)(C)C. The molecule has 20 heavy (non-hydrogen) atoms. The molecule has 0 aliphatic heterocycles. The van der Waals surface area contributed by atoms with Crippen LogP contribution in [0.2, 0.25) is 0 Å². The summed E-state index contributed by atoms with van der Waals surface area (Å²) in [6.07, 6.45) is -0.825. The molecule has 0 spiro atoms. The van der Waals surface area contributed by atoms with Crippen LogP contribution in [-0.4, -0.2) is 24.0 Å². The molecule has 0 aromatic heterocycles. The lowest BCUT2D eigenvalue weighted by molar-refractivity contribution is -0.190. The molecule has 0 aliphatic rings. The zero-order valence-corrected chi connectivity index (χ0v) is 13.5. The zero-order valence-electron chi connectivity index (χ0n) is 13.5. The van der Waals surface area contributed by atoms with Gasteiger partial charge < -0.3 is 9.47 Å². The molecule has 0 saturated heterocycles. The number of carbonyl (C=O) groups excluding carboxylic acids is 3. The number of Topliss-reactive ketones (excluding diaryl/α,β-unsaturated/α-hetero) is 1. The van der Waals surface area contributed by atoms with Crippen molar-refractivity contribution in [2.24, 2.45) is 10.8 Å². The van der Waals surface area contributed by atoms with E-state index in [1.54, 1.807) is 41.5 Å². The third-order valence-electron chi connectivity index (χ3n) is 2.58. The fourth-order valence-corrected chi connectivity index (χ4v) is 1.19. The van der Waals surface area contributed by atoms with Gasteiger partial charge in [-0.3, -0.25) is 14.4 Å². The number of rotatable bonds is 5. The molecule has 0 saturated carbocycles. The predicted molar refractivity (Wildman–Crippen MR) is 74.8 cm³/mol. The standard InChI is InChI=1S/C15H26O5/c1-10(20-13(18)15(5,6)7)19-12(17)9-8-11(16)14(2,3)4/h10H,8-9H2,1-7H3. The topological polar surface area (TPSA) is 69.7 Å². The van der Waals surface area contributed by atoms with E-state index in [0.717, 1.165) is 0 Å². The second-order valence-electron chi connectivity index (χ2n) is 6.89. The van der Waals surface area contributed by atoms with Crippen molar-refractivity contribution in [3.8, 4) is 0 Å². The molecule has 0 aromatic rings. The second kappa shape index (κ2) is 6.86. The van der Waals surface area contributed by atoms with Crippen LogP contribution in [0.5, 0.6) is 0 Å². The highest BCUT2D eigenvalue weighted by atomic mass is 16.7. The van der Waals surface area contributed by atoms with Gasteiger partial charge >= 0.3 is 11.9 Å². The van der Waals surface area contributed by atoms with Gasteiger partial charge in [0.05, 0.1) is 11.8 Å². The smallest absolute Gasteiger partial charge is 0.314 e. The van der Waals surface area contributed by atoms with E-state index in [9.17, 15) is 14.4 Å². The van der Waals surface area contributed by atoms with Gasteiger partial charge in [0.2, 0.25) is 6.29 Å². The Balaban J connectivity index is 4.16. The van der Waals surface area contributed by atoms with E-state index in [4.69, 9.17) is 9.47 Å². The number of esters is 2. The van der Waals surface area contributed by atoms with E-state index in [1.807, 2.05) is 0 Å². The summed E-state index contributed by atoms with van der Waals surface area (Å²) in [5.74, 6) is -0.992. The monoisotopic (exact) mass is 286 g/mol. The molecule has 1 unspecified atom stereocenters. The van der Waals surface area contributed by atoms with Gasteiger partial charge in [-0.25, -0.2) is 0 Å². The highest BCUT2D eigenvalue weighted by Gasteiger charge is 2.26.